The van der Waals surface area contributed by atoms with Crippen molar-refractivity contribution in [3.63, 3.8) is 0 Å². The second-order valence-corrected chi connectivity index (χ2v) is 20.9. The average Bonchev–Trinajstić information content (AvgIpc) is 3.40. The van der Waals surface area contributed by atoms with E-state index in [0.29, 0.717) is 19.3 Å². The lowest BCUT2D eigenvalue weighted by atomic mass is 10.0. The van der Waals surface area contributed by atoms with Crippen LogP contribution in [0.5, 0.6) is 0 Å². The van der Waals surface area contributed by atoms with Crippen LogP contribution in [0.1, 0.15) is 310 Å². The molecule has 1 atom stereocenters. The lowest BCUT2D eigenvalue weighted by molar-refractivity contribution is -0.167. The van der Waals surface area contributed by atoms with Crippen LogP contribution < -0.4 is 0 Å². The Kier molecular flexibility index (Phi) is 59.3. The smallest absolute Gasteiger partial charge is 0.306 e. The Bertz CT molecular complexity index is 1420. The summed E-state index contributed by atoms with van der Waals surface area (Å²) in [5.41, 5.74) is 0. The van der Waals surface area contributed by atoms with E-state index in [1.807, 2.05) is 0 Å². The van der Waals surface area contributed by atoms with Crippen molar-refractivity contribution in [1.82, 2.24) is 0 Å². The molecule has 0 rings (SSSR count). The molecule has 74 heavy (non-hydrogen) atoms. The van der Waals surface area contributed by atoms with Gasteiger partial charge in [-0.2, -0.15) is 0 Å². The third-order valence-corrected chi connectivity index (χ3v) is 13.6. The van der Waals surface area contributed by atoms with Gasteiger partial charge in [0.1, 0.15) is 13.2 Å². The molecule has 0 aliphatic heterocycles. The van der Waals surface area contributed by atoms with Crippen molar-refractivity contribution in [2.24, 2.45) is 0 Å². The summed E-state index contributed by atoms with van der Waals surface area (Å²) in [6.45, 7) is 6.39. The molecule has 0 bridgehead atoms. The van der Waals surface area contributed by atoms with Gasteiger partial charge in [-0.1, -0.05) is 286 Å². The number of carbonyl (C=O) groups is 3. The third kappa shape index (κ3) is 59.5. The summed E-state index contributed by atoms with van der Waals surface area (Å²) < 4.78 is 16.8. The summed E-state index contributed by atoms with van der Waals surface area (Å²) in [5.74, 6) is -0.890. The van der Waals surface area contributed by atoms with Gasteiger partial charge < -0.3 is 14.2 Å². The molecule has 0 amide bonds. The zero-order valence-electron chi connectivity index (χ0n) is 48.8. The molecule has 0 aromatic heterocycles. The van der Waals surface area contributed by atoms with Gasteiger partial charge in [0, 0.05) is 19.3 Å². The molecular weight excluding hydrogens is 913 g/mol. The number of unbranched alkanes of at least 4 members (excludes halogenated alkanes) is 32. The molecule has 0 heterocycles. The Morgan fingerprint density at radius 2 is 0.527 bits per heavy atom. The number of rotatable bonds is 57. The maximum atomic E-state index is 12.8. The molecule has 0 radical (unpaired) electrons. The lowest BCUT2D eigenvalue weighted by Gasteiger charge is -2.18. The summed E-state index contributed by atoms with van der Waals surface area (Å²) in [7, 11) is 0. The molecule has 0 aliphatic rings. The lowest BCUT2D eigenvalue weighted by Crippen LogP contribution is -2.30. The highest BCUT2D eigenvalue weighted by Crippen LogP contribution is 2.17. The molecule has 0 N–H and O–H groups in total. The van der Waals surface area contributed by atoms with Crippen LogP contribution in [0.4, 0.5) is 0 Å². The molecule has 0 spiro atoms. The van der Waals surface area contributed by atoms with Crippen molar-refractivity contribution in [3.05, 3.63) is 85.1 Å². The molecule has 6 nitrogen and oxygen atoms in total. The van der Waals surface area contributed by atoms with Gasteiger partial charge in [-0.05, 0) is 89.9 Å². The minimum atomic E-state index is -0.780. The van der Waals surface area contributed by atoms with E-state index in [-0.39, 0.29) is 31.1 Å². The van der Waals surface area contributed by atoms with E-state index in [1.165, 1.54) is 148 Å². The van der Waals surface area contributed by atoms with Crippen LogP contribution >= 0.6 is 0 Å². The first kappa shape index (κ1) is 70.6. The summed E-state index contributed by atoms with van der Waals surface area (Å²) in [4.78, 5) is 38.0. The van der Waals surface area contributed by atoms with Crippen molar-refractivity contribution in [2.45, 2.75) is 316 Å². The van der Waals surface area contributed by atoms with Crippen LogP contribution in [-0.2, 0) is 28.6 Å². The summed E-state index contributed by atoms with van der Waals surface area (Å²) in [5, 5.41) is 0. The largest absolute Gasteiger partial charge is 0.462 e. The van der Waals surface area contributed by atoms with E-state index in [2.05, 4.69) is 106 Å². The van der Waals surface area contributed by atoms with Crippen molar-refractivity contribution >= 4 is 17.9 Å². The average molecular weight is 1030 g/mol. The van der Waals surface area contributed by atoms with E-state index >= 15 is 0 Å². The van der Waals surface area contributed by atoms with Crippen LogP contribution in [0.3, 0.4) is 0 Å². The number of hydrogen-bond acceptors (Lipinski definition) is 6. The highest BCUT2D eigenvalue weighted by Gasteiger charge is 2.19. The molecule has 0 fully saturated rings. The number of carbonyl (C=O) groups excluding carboxylic acids is 3. The predicted octanol–water partition coefficient (Wildman–Crippen LogP) is 21.5. The molecule has 0 aromatic rings. The molecular formula is C68H118O6. The van der Waals surface area contributed by atoms with Crippen LogP contribution in [0.15, 0.2) is 85.1 Å². The van der Waals surface area contributed by atoms with Gasteiger partial charge in [-0.25, -0.2) is 0 Å². The van der Waals surface area contributed by atoms with E-state index < -0.39 is 6.10 Å². The monoisotopic (exact) mass is 1030 g/mol. The molecule has 0 aromatic carbocycles. The van der Waals surface area contributed by atoms with E-state index in [1.54, 1.807) is 0 Å². The summed E-state index contributed by atoms with van der Waals surface area (Å²) in [6.07, 6.45) is 82.0. The van der Waals surface area contributed by atoms with Gasteiger partial charge in [-0.15, -0.1) is 0 Å². The Morgan fingerprint density at radius 3 is 0.824 bits per heavy atom. The van der Waals surface area contributed by atoms with Gasteiger partial charge in [0.25, 0.3) is 0 Å². The highest BCUT2D eigenvalue weighted by atomic mass is 16.6. The molecule has 426 valence electrons. The first-order valence-corrected chi connectivity index (χ1v) is 31.6. The number of allylic oxidation sites excluding steroid dienone is 14. The van der Waals surface area contributed by atoms with Crippen LogP contribution in [0.25, 0.3) is 0 Å². The molecule has 1 unspecified atom stereocenters. The molecule has 0 saturated carbocycles. The zero-order valence-corrected chi connectivity index (χ0v) is 48.8. The first-order valence-electron chi connectivity index (χ1n) is 31.6. The SMILES string of the molecule is CC/C=C\C/C=C\C/C=C\C/C=C\CCCCCCCCCCCCCCCCCCCCCCC(=O)OCC(COC(=O)CCCCCCCCCC)OC(=O)CCCCCCC/C=C\C/C=C\C/C=C\CC. The minimum absolute atomic E-state index is 0.0792. The van der Waals surface area contributed by atoms with Gasteiger partial charge in [0.15, 0.2) is 6.10 Å². The number of ether oxygens (including phenoxy) is 3. The quantitative estimate of drug-likeness (QED) is 0.0261. The first-order chi connectivity index (χ1) is 36.5. The van der Waals surface area contributed by atoms with Gasteiger partial charge in [-0.3, -0.25) is 14.4 Å². The predicted molar refractivity (Wildman–Crippen MR) is 321 cm³/mol. The van der Waals surface area contributed by atoms with Crippen molar-refractivity contribution in [3.8, 4) is 0 Å². The van der Waals surface area contributed by atoms with E-state index in [4.69, 9.17) is 14.2 Å². The number of hydrogen-bond donors (Lipinski definition) is 0. The number of esters is 3. The molecule has 0 saturated heterocycles. The Labute approximate surface area is 458 Å². The van der Waals surface area contributed by atoms with E-state index in [0.717, 1.165) is 122 Å². The topological polar surface area (TPSA) is 78.9 Å². The fourth-order valence-electron chi connectivity index (χ4n) is 8.98. The van der Waals surface area contributed by atoms with Gasteiger partial charge in [0.2, 0.25) is 0 Å². The van der Waals surface area contributed by atoms with Crippen molar-refractivity contribution in [1.29, 1.82) is 0 Å². The third-order valence-electron chi connectivity index (χ3n) is 13.6. The second kappa shape index (κ2) is 62.1. The van der Waals surface area contributed by atoms with Crippen LogP contribution in [0.2, 0.25) is 0 Å². The Morgan fingerprint density at radius 1 is 0.284 bits per heavy atom. The van der Waals surface area contributed by atoms with E-state index in [9.17, 15) is 14.4 Å². The normalized spacial score (nSPS) is 12.6. The summed E-state index contributed by atoms with van der Waals surface area (Å²) in [6, 6.07) is 0. The van der Waals surface area contributed by atoms with Crippen LogP contribution in [-0.4, -0.2) is 37.2 Å². The van der Waals surface area contributed by atoms with Crippen molar-refractivity contribution in [2.75, 3.05) is 13.2 Å². The molecule has 6 heteroatoms. The highest BCUT2D eigenvalue weighted by molar-refractivity contribution is 5.71. The zero-order chi connectivity index (χ0) is 53.6. The Balaban J connectivity index is 4.02. The molecule has 0 aliphatic carbocycles. The maximum absolute atomic E-state index is 12.8. The summed E-state index contributed by atoms with van der Waals surface area (Å²) >= 11 is 0. The maximum Gasteiger partial charge on any atom is 0.306 e. The van der Waals surface area contributed by atoms with Gasteiger partial charge in [0.05, 0.1) is 0 Å². The fraction of sp³-hybridized carbons (Fsp3) is 0.750. The van der Waals surface area contributed by atoms with Gasteiger partial charge >= 0.3 is 17.9 Å². The fourth-order valence-corrected chi connectivity index (χ4v) is 8.98. The Hall–Kier alpha value is -3.41. The van der Waals surface area contributed by atoms with Crippen LogP contribution in [0, 0.1) is 0 Å². The standard InChI is InChI=1S/C68H118O6/c1-4-7-10-13-16-19-21-23-25-26-27-28-29-30-31-32-33-34-35-36-37-38-39-40-41-42-44-45-47-49-52-55-58-61-67(70)73-64-65(63-72-66(69)60-57-54-51-18-15-12-9-6-3)74-68(71)62-59-56-53-50-48-46-43-24-22-20-17-14-11-8-5-2/h7-8,10-11,16-17,19-20,23-25,27-28,43,65H,4-6,9,12-15,18,21-22,26,29-42,44-64H2,1-3H3/b10-7-,11-8-,19-16-,20-17-,25-23-,28-27-,43-24-. The van der Waals surface area contributed by atoms with Crippen molar-refractivity contribution < 1.29 is 28.6 Å². The minimum Gasteiger partial charge on any atom is -0.462 e. The second-order valence-electron chi connectivity index (χ2n) is 20.9.